The van der Waals surface area contributed by atoms with Crippen LogP contribution in [-0.4, -0.2) is 69.5 Å². The van der Waals surface area contributed by atoms with Crippen molar-refractivity contribution in [3.8, 4) is 0 Å². The largest absolute Gasteiger partial charge is 0.383 e. The van der Waals surface area contributed by atoms with Gasteiger partial charge in [0.25, 0.3) is 5.69 Å². The van der Waals surface area contributed by atoms with Gasteiger partial charge in [0.05, 0.1) is 28.1 Å². The van der Waals surface area contributed by atoms with Crippen LogP contribution >= 0.6 is 15.9 Å². The number of anilines is 1. The van der Waals surface area contributed by atoms with E-state index in [0.29, 0.717) is 26.2 Å². The van der Waals surface area contributed by atoms with Crippen LogP contribution in [0.2, 0.25) is 0 Å². The quantitative estimate of drug-likeness (QED) is 0.511. The lowest BCUT2D eigenvalue weighted by molar-refractivity contribution is -0.384. The highest BCUT2D eigenvalue weighted by Gasteiger charge is 2.38. The van der Waals surface area contributed by atoms with Crippen molar-refractivity contribution in [1.82, 2.24) is 4.90 Å². The Balaban J connectivity index is 2.27. The number of likely N-dealkylation sites (N-methyl/N-ethyl adjacent to an activating group) is 1. The second-order valence-electron chi connectivity index (χ2n) is 5.73. The summed E-state index contributed by atoms with van der Waals surface area (Å²) < 4.78 is 24.6. The molecule has 1 aromatic rings. The summed E-state index contributed by atoms with van der Waals surface area (Å²) in [5, 5.41) is 11.3. The van der Waals surface area contributed by atoms with Crippen molar-refractivity contribution in [2.45, 2.75) is 12.1 Å². The molecule has 0 aromatic heterocycles. The fourth-order valence-corrected chi connectivity index (χ4v) is 3.27. The summed E-state index contributed by atoms with van der Waals surface area (Å²) in [5.41, 5.74) is 0.142. The maximum absolute atomic E-state index is 13.9. The Morgan fingerprint density at radius 3 is 2.75 bits per heavy atom. The molecular weight excluding hydrogens is 385 g/mol. The minimum Gasteiger partial charge on any atom is -0.383 e. The van der Waals surface area contributed by atoms with Crippen LogP contribution in [0, 0.1) is 15.9 Å². The summed E-state index contributed by atoms with van der Waals surface area (Å²) in [6.45, 7) is 2.27. The topological polar surface area (TPSA) is 68.1 Å². The Hall–Kier alpha value is -1.29. The maximum Gasteiger partial charge on any atom is 0.293 e. The zero-order valence-corrected chi connectivity index (χ0v) is 15.5. The number of methoxy groups -OCH3 is 2. The Morgan fingerprint density at radius 1 is 1.46 bits per heavy atom. The molecule has 0 saturated carbocycles. The van der Waals surface area contributed by atoms with Crippen molar-refractivity contribution in [3.05, 3.63) is 32.5 Å². The highest BCUT2D eigenvalue weighted by molar-refractivity contribution is 9.10. The second kappa shape index (κ2) is 8.19. The summed E-state index contributed by atoms with van der Waals surface area (Å²) in [6.07, 6.45) is -0.127. The van der Waals surface area contributed by atoms with Crippen LogP contribution in [0.15, 0.2) is 16.6 Å². The molecule has 2 atom stereocenters. The van der Waals surface area contributed by atoms with Crippen molar-refractivity contribution in [2.24, 2.45) is 0 Å². The van der Waals surface area contributed by atoms with Gasteiger partial charge in [0.1, 0.15) is 11.5 Å². The third-order valence-corrected chi connectivity index (χ3v) is 4.92. The van der Waals surface area contributed by atoms with Crippen LogP contribution in [0.5, 0.6) is 0 Å². The first-order valence-corrected chi connectivity index (χ1v) is 8.28. The monoisotopic (exact) mass is 405 g/mol. The molecule has 7 nitrogen and oxygen atoms in total. The van der Waals surface area contributed by atoms with Gasteiger partial charge in [-0.15, -0.1) is 0 Å². The van der Waals surface area contributed by atoms with Gasteiger partial charge in [0.15, 0.2) is 0 Å². The number of hydrogen-bond acceptors (Lipinski definition) is 6. The lowest BCUT2D eigenvalue weighted by atomic mass is 10.2. The van der Waals surface area contributed by atoms with Crippen LogP contribution in [-0.2, 0) is 9.47 Å². The summed E-state index contributed by atoms with van der Waals surface area (Å²) in [5.74, 6) is -0.527. The van der Waals surface area contributed by atoms with E-state index in [-0.39, 0.29) is 28.0 Å². The van der Waals surface area contributed by atoms with E-state index >= 15 is 0 Å². The lowest BCUT2D eigenvalue weighted by Gasteiger charge is -2.27. The summed E-state index contributed by atoms with van der Waals surface area (Å²) in [4.78, 5) is 14.7. The summed E-state index contributed by atoms with van der Waals surface area (Å²) in [7, 11) is 5.20. The molecule has 134 valence electrons. The SMILES string of the molecule is COCCN(C)C1CN(c2cc(F)c(Br)cc2[N+](=O)[O-])CC1OC. The number of ether oxygens (including phenoxy) is 2. The van der Waals surface area contributed by atoms with E-state index in [9.17, 15) is 14.5 Å². The van der Waals surface area contributed by atoms with Gasteiger partial charge in [-0.1, -0.05) is 0 Å². The molecule has 0 radical (unpaired) electrons. The van der Waals surface area contributed by atoms with E-state index in [1.165, 1.54) is 12.1 Å². The van der Waals surface area contributed by atoms with Crippen molar-refractivity contribution in [3.63, 3.8) is 0 Å². The Morgan fingerprint density at radius 2 is 2.17 bits per heavy atom. The van der Waals surface area contributed by atoms with E-state index in [0.717, 1.165) is 0 Å². The van der Waals surface area contributed by atoms with Gasteiger partial charge in [-0.2, -0.15) is 0 Å². The summed E-state index contributed by atoms with van der Waals surface area (Å²) >= 11 is 3.00. The highest BCUT2D eigenvalue weighted by Crippen LogP contribution is 2.36. The molecule has 24 heavy (non-hydrogen) atoms. The van der Waals surface area contributed by atoms with Crippen LogP contribution in [0.1, 0.15) is 0 Å². The third kappa shape index (κ3) is 4.02. The maximum atomic E-state index is 13.9. The Kier molecular flexibility index (Phi) is 6.50. The molecule has 0 spiro atoms. The number of nitrogens with zero attached hydrogens (tertiary/aromatic N) is 3. The summed E-state index contributed by atoms with van der Waals surface area (Å²) in [6, 6.07) is 2.44. The predicted octanol–water partition coefficient (Wildman–Crippen LogP) is 2.28. The molecule has 1 aliphatic heterocycles. The molecule has 1 saturated heterocycles. The van der Waals surface area contributed by atoms with Gasteiger partial charge < -0.3 is 14.4 Å². The Bertz CT molecular complexity index is 604. The van der Waals surface area contributed by atoms with Gasteiger partial charge >= 0.3 is 0 Å². The highest BCUT2D eigenvalue weighted by atomic mass is 79.9. The van der Waals surface area contributed by atoms with Crippen molar-refractivity contribution in [2.75, 3.05) is 52.4 Å². The zero-order chi connectivity index (χ0) is 17.9. The van der Waals surface area contributed by atoms with Gasteiger partial charge in [0, 0.05) is 46.0 Å². The number of benzene rings is 1. The lowest BCUT2D eigenvalue weighted by Crippen LogP contribution is -2.43. The van der Waals surface area contributed by atoms with Crippen molar-refractivity contribution >= 4 is 27.3 Å². The number of hydrogen-bond donors (Lipinski definition) is 0. The molecule has 2 rings (SSSR count). The van der Waals surface area contributed by atoms with Gasteiger partial charge in [-0.05, 0) is 23.0 Å². The smallest absolute Gasteiger partial charge is 0.293 e. The molecule has 0 N–H and O–H groups in total. The van der Waals surface area contributed by atoms with E-state index in [2.05, 4.69) is 20.8 Å². The van der Waals surface area contributed by atoms with Crippen molar-refractivity contribution < 1.29 is 18.8 Å². The van der Waals surface area contributed by atoms with E-state index < -0.39 is 10.7 Å². The number of nitro groups is 1. The van der Waals surface area contributed by atoms with E-state index in [1.54, 1.807) is 19.1 Å². The molecule has 1 aliphatic rings. The number of rotatable bonds is 7. The van der Waals surface area contributed by atoms with Gasteiger partial charge in [0.2, 0.25) is 0 Å². The molecule has 1 fully saturated rings. The van der Waals surface area contributed by atoms with Crippen LogP contribution < -0.4 is 4.90 Å². The number of nitro benzene ring substituents is 1. The van der Waals surface area contributed by atoms with Crippen molar-refractivity contribution in [1.29, 1.82) is 0 Å². The fourth-order valence-electron chi connectivity index (χ4n) is 2.93. The second-order valence-corrected chi connectivity index (χ2v) is 6.59. The molecule has 1 aromatic carbocycles. The number of halogens is 2. The van der Waals surface area contributed by atoms with E-state index in [4.69, 9.17) is 9.47 Å². The normalized spacial score (nSPS) is 20.8. The first-order valence-electron chi connectivity index (χ1n) is 7.49. The molecule has 9 heteroatoms. The van der Waals surface area contributed by atoms with Crippen LogP contribution in [0.3, 0.4) is 0 Å². The minimum absolute atomic E-state index is 0.0384. The molecular formula is C15H21BrFN3O4. The first kappa shape index (κ1) is 19.0. The zero-order valence-electron chi connectivity index (χ0n) is 13.9. The van der Waals surface area contributed by atoms with Gasteiger partial charge in [-0.25, -0.2) is 4.39 Å². The molecule has 1 heterocycles. The van der Waals surface area contributed by atoms with Crippen LogP contribution in [0.25, 0.3) is 0 Å². The molecule has 0 bridgehead atoms. The third-order valence-electron chi connectivity index (χ3n) is 4.31. The fraction of sp³-hybridized carbons (Fsp3) is 0.600. The molecule has 2 unspecified atom stereocenters. The Labute approximate surface area is 148 Å². The van der Waals surface area contributed by atoms with E-state index in [1.807, 2.05) is 7.05 Å². The molecule has 0 aliphatic carbocycles. The predicted molar refractivity (Wildman–Crippen MR) is 92.1 cm³/mol. The standard InChI is InChI=1S/C15H21BrFN3O4/c1-18(4-5-23-2)14-8-19(9-15(14)24-3)12-7-11(17)10(16)6-13(12)20(21)22/h6-7,14-15H,4-5,8-9H2,1-3H3. The average Bonchev–Trinajstić information content (AvgIpc) is 2.98. The van der Waals surface area contributed by atoms with Gasteiger partial charge in [-0.3, -0.25) is 15.0 Å². The molecule has 0 amide bonds. The van der Waals surface area contributed by atoms with Crippen LogP contribution in [0.4, 0.5) is 15.8 Å². The average molecular weight is 406 g/mol. The minimum atomic E-state index is -0.527. The first-order chi connectivity index (χ1) is 11.4.